The van der Waals surface area contributed by atoms with Gasteiger partial charge in [0.25, 0.3) is 5.56 Å². The lowest BCUT2D eigenvalue weighted by molar-refractivity contribution is 0.539. The predicted octanol–water partition coefficient (Wildman–Crippen LogP) is 6.94. The van der Waals surface area contributed by atoms with Crippen molar-refractivity contribution in [3.05, 3.63) is 39.6 Å². The fourth-order valence-electron chi connectivity index (χ4n) is 3.89. The van der Waals surface area contributed by atoms with Crippen LogP contribution >= 0.6 is 11.3 Å². The van der Waals surface area contributed by atoms with Gasteiger partial charge in [0.1, 0.15) is 5.01 Å². The average Bonchev–Trinajstić information content (AvgIpc) is 3.15. The number of hydrogen-bond donors (Lipinski definition) is 0. The molecule has 0 bridgehead atoms. The number of hydrogen-bond acceptors (Lipinski definition) is 4. The molecule has 1 aromatic carbocycles. The monoisotopic (exact) mass is 413 g/mol. The summed E-state index contributed by atoms with van der Waals surface area (Å²) in [6.45, 7) is 2.28. The molecule has 0 N–H and O–H groups in total. The Bertz CT molecular complexity index is 931. The van der Waals surface area contributed by atoms with Gasteiger partial charge in [-0.1, -0.05) is 107 Å². The van der Waals surface area contributed by atoms with E-state index in [1.807, 2.05) is 24.3 Å². The maximum Gasteiger partial charge on any atom is 0.283 e. The molecule has 4 nitrogen and oxygen atoms in total. The van der Waals surface area contributed by atoms with E-state index in [4.69, 9.17) is 0 Å². The molecule has 0 saturated heterocycles. The summed E-state index contributed by atoms with van der Waals surface area (Å²) < 4.78 is 1.48. The molecule has 0 aliphatic heterocycles. The molecule has 0 radical (unpaired) electrons. The molecule has 0 saturated carbocycles. The zero-order valence-corrected chi connectivity index (χ0v) is 18.7. The Hall–Kier alpha value is -1.75. The van der Waals surface area contributed by atoms with Gasteiger partial charge in [-0.25, -0.2) is 4.98 Å². The lowest BCUT2D eigenvalue weighted by Crippen LogP contribution is -2.15. The smallest absolute Gasteiger partial charge is 0.267 e. The lowest BCUT2D eigenvalue weighted by Gasteiger charge is -2.02. The van der Waals surface area contributed by atoms with Crippen LogP contribution in [-0.2, 0) is 6.42 Å². The van der Waals surface area contributed by atoms with E-state index in [2.05, 4.69) is 17.0 Å². The van der Waals surface area contributed by atoms with E-state index in [0.29, 0.717) is 10.3 Å². The minimum absolute atomic E-state index is 0.0570. The summed E-state index contributed by atoms with van der Waals surface area (Å²) >= 11 is 1.55. The molecule has 3 rings (SSSR count). The molecular weight excluding hydrogens is 378 g/mol. The number of aryl methyl sites for hydroxylation is 1. The Morgan fingerprint density at radius 2 is 1.41 bits per heavy atom. The predicted molar refractivity (Wildman–Crippen MR) is 124 cm³/mol. The van der Waals surface area contributed by atoms with E-state index in [-0.39, 0.29) is 5.56 Å². The molecular formula is C24H35N3OS. The molecule has 2 aromatic heterocycles. The van der Waals surface area contributed by atoms with Gasteiger partial charge in [-0.2, -0.15) is 9.61 Å². The summed E-state index contributed by atoms with van der Waals surface area (Å²) in [6, 6.07) is 7.50. The first-order valence-electron chi connectivity index (χ1n) is 11.6. The average molecular weight is 414 g/mol. The van der Waals surface area contributed by atoms with E-state index >= 15 is 0 Å². The molecule has 0 atom stereocenters. The van der Waals surface area contributed by atoms with Crippen LogP contribution in [0.4, 0.5) is 0 Å². The largest absolute Gasteiger partial charge is 0.283 e. The van der Waals surface area contributed by atoms with Crippen molar-refractivity contribution in [1.82, 2.24) is 14.6 Å². The molecule has 0 fully saturated rings. The molecule has 0 aliphatic rings. The number of unbranched alkanes of at least 4 members (excludes halogenated alkanes) is 12. The fraction of sp³-hybridized carbons (Fsp3) is 0.625. The van der Waals surface area contributed by atoms with Crippen molar-refractivity contribution >= 4 is 27.2 Å². The highest BCUT2D eigenvalue weighted by Gasteiger charge is 2.10. The normalized spacial score (nSPS) is 11.6. The van der Waals surface area contributed by atoms with Gasteiger partial charge in [-0.05, 0) is 18.6 Å². The Balaban J connectivity index is 1.30. The van der Waals surface area contributed by atoms with Gasteiger partial charge in [0.2, 0.25) is 4.96 Å². The Morgan fingerprint density at radius 3 is 2.07 bits per heavy atom. The molecule has 3 aromatic rings. The SMILES string of the molecule is CCCCCCCCCCCCCCCc1nn2c(=O)c3ccccc3nc2s1. The lowest BCUT2D eigenvalue weighted by atomic mass is 10.0. The van der Waals surface area contributed by atoms with Crippen LogP contribution in [0.2, 0.25) is 0 Å². The third kappa shape index (κ3) is 6.63. The first kappa shape index (κ1) is 21.9. The van der Waals surface area contributed by atoms with Gasteiger partial charge in [0, 0.05) is 6.42 Å². The first-order valence-corrected chi connectivity index (χ1v) is 12.4. The van der Waals surface area contributed by atoms with E-state index in [9.17, 15) is 4.79 Å². The highest BCUT2D eigenvalue weighted by atomic mass is 32.1. The molecule has 0 amide bonds. The minimum atomic E-state index is -0.0570. The number of aromatic nitrogens is 3. The highest BCUT2D eigenvalue weighted by molar-refractivity contribution is 7.16. The van der Waals surface area contributed by atoms with Gasteiger partial charge < -0.3 is 0 Å². The Kier molecular flexibility index (Phi) is 9.13. The molecule has 29 heavy (non-hydrogen) atoms. The molecule has 2 heterocycles. The standard InChI is InChI=1S/C24H35N3OS/c1-2-3-4-5-6-7-8-9-10-11-12-13-14-19-22-26-27-23(28)20-17-15-16-18-21(20)25-24(27)29-22/h15-18H,2-14,19H2,1H3. The summed E-state index contributed by atoms with van der Waals surface area (Å²) in [6.07, 6.45) is 18.6. The second kappa shape index (κ2) is 12.1. The summed E-state index contributed by atoms with van der Waals surface area (Å²) in [5.74, 6) is 0. The van der Waals surface area contributed by atoms with E-state index < -0.39 is 0 Å². The first-order chi connectivity index (χ1) is 14.3. The van der Waals surface area contributed by atoms with Crippen LogP contribution in [0.1, 0.15) is 95.4 Å². The van der Waals surface area contributed by atoms with Gasteiger partial charge in [-0.3, -0.25) is 4.79 Å². The van der Waals surface area contributed by atoms with Crippen molar-refractivity contribution in [2.75, 3.05) is 0 Å². The third-order valence-corrected chi connectivity index (χ3v) is 6.61. The van der Waals surface area contributed by atoms with Crippen LogP contribution in [0.5, 0.6) is 0 Å². The maximum absolute atomic E-state index is 12.6. The van der Waals surface area contributed by atoms with Crippen molar-refractivity contribution in [3.8, 4) is 0 Å². The van der Waals surface area contributed by atoms with Crippen molar-refractivity contribution in [1.29, 1.82) is 0 Å². The maximum atomic E-state index is 12.6. The molecule has 5 heteroatoms. The third-order valence-electron chi connectivity index (χ3n) is 5.64. The second-order valence-electron chi connectivity index (χ2n) is 8.12. The molecule has 158 valence electrons. The van der Waals surface area contributed by atoms with Crippen molar-refractivity contribution in [3.63, 3.8) is 0 Å². The van der Waals surface area contributed by atoms with E-state index in [1.165, 1.54) is 81.6 Å². The second-order valence-corrected chi connectivity index (χ2v) is 9.16. The van der Waals surface area contributed by atoms with Crippen LogP contribution in [-0.4, -0.2) is 14.6 Å². The summed E-state index contributed by atoms with van der Waals surface area (Å²) in [4.78, 5) is 17.9. The van der Waals surface area contributed by atoms with E-state index in [1.54, 1.807) is 11.3 Å². The van der Waals surface area contributed by atoms with Crippen LogP contribution in [0.25, 0.3) is 15.9 Å². The Labute approximate surface area is 178 Å². The summed E-state index contributed by atoms with van der Waals surface area (Å²) in [7, 11) is 0. The minimum Gasteiger partial charge on any atom is -0.267 e. The topological polar surface area (TPSA) is 47.3 Å². The summed E-state index contributed by atoms with van der Waals surface area (Å²) in [5.41, 5.74) is 0.701. The molecule has 0 aliphatic carbocycles. The zero-order chi connectivity index (χ0) is 20.3. The summed E-state index contributed by atoms with van der Waals surface area (Å²) in [5, 5.41) is 6.18. The number of para-hydroxylation sites is 1. The van der Waals surface area contributed by atoms with Gasteiger partial charge in [0.05, 0.1) is 10.9 Å². The molecule has 0 unspecified atom stereocenters. The highest BCUT2D eigenvalue weighted by Crippen LogP contribution is 2.18. The number of fused-ring (bicyclic) bond motifs is 2. The number of nitrogens with zero attached hydrogens (tertiary/aromatic N) is 3. The van der Waals surface area contributed by atoms with Crippen LogP contribution in [0.15, 0.2) is 29.1 Å². The quantitative estimate of drug-likeness (QED) is 0.269. The van der Waals surface area contributed by atoms with E-state index in [0.717, 1.165) is 23.4 Å². The zero-order valence-electron chi connectivity index (χ0n) is 17.9. The van der Waals surface area contributed by atoms with Crippen molar-refractivity contribution in [2.45, 2.75) is 96.8 Å². The van der Waals surface area contributed by atoms with Crippen LogP contribution in [0, 0.1) is 0 Å². The number of rotatable bonds is 14. The number of benzene rings is 1. The fourth-order valence-corrected chi connectivity index (χ4v) is 4.82. The van der Waals surface area contributed by atoms with Crippen molar-refractivity contribution in [2.24, 2.45) is 0 Å². The molecule has 0 spiro atoms. The van der Waals surface area contributed by atoms with Crippen LogP contribution in [0.3, 0.4) is 0 Å². The van der Waals surface area contributed by atoms with Gasteiger partial charge in [0.15, 0.2) is 0 Å². The van der Waals surface area contributed by atoms with Gasteiger partial charge >= 0.3 is 0 Å². The van der Waals surface area contributed by atoms with Crippen LogP contribution < -0.4 is 5.56 Å². The Morgan fingerprint density at radius 1 is 0.828 bits per heavy atom. The van der Waals surface area contributed by atoms with Gasteiger partial charge in [-0.15, -0.1) is 0 Å². The van der Waals surface area contributed by atoms with Crippen molar-refractivity contribution < 1.29 is 0 Å².